The molecule has 0 saturated carbocycles. The molecule has 1 aromatic rings. The van der Waals surface area contributed by atoms with E-state index in [0.717, 1.165) is 0 Å². The third kappa shape index (κ3) is 4.15. The molecular formula is C15H24N2O. The molecule has 100 valence electrons. The highest BCUT2D eigenvalue weighted by atomic mass is 16.1. The van der Waals surface area contributed by atoms with E-state index in [9.17, 15) is 4.79 Å². The molecule has 0 aliphatic heterocycles. The molecule has 0 aromatic heterocycles. The smallest absolute Gasteiger partial charge is 0.224 e. The number of rotatable bonds is 5. The fourth-order valence-electron chi connectivity index (χ4n) is 1.90. The van der Waals surface area contributed by atoms with Gasteiger partial charge in [-0.25, -0.2) is 0 Å². The fraction of sp³-hybridized carbons (Fsp3) is 0.533. The molecule has 3 heteroatoms. The number of nitrogens with one attached hydrogen (secondary N) is 1. The molecule has 0 heterocycles. The largest absolute Gasteiger partial charge is 0.354 e. The lowest BCUT2D eigenvalue weighted by Gasteiger charge is -2.17. The van der Waals surface area contributed by atoms with Gasteiger partial charge in [0, 0.05) is 12.6 Å². The van der Waals surface area contributed by atoms with Gasteiger partial charge < -0.3 is 11.1 Å². The summed E-state index contributed by atoms with van der Waals surface area (Å²) in [6.45, 7) is 8.48. The van der Waals surface area contributed by atoms with Crippen molar-refractivity contribution in [1.82, 2.24) is 5.32 Å². The van der Waals surface area contributed by atoms with Gasteiger partial charge in [0.05, 0.1) is 5.92 Å². The number of carbonyl (C=O) groups is 1. The summed E-state index contributed by atoms with van der Waals surface area (Å²) in [5.41, 5.74) is 9.41. The van der Waals surface area contributed by atoms with Crippen molar-refractivity contribution < 1.29 is 4.79 Å². The van der Waals surface area contributed by atoms with Gasteiger partial charge in [0.2, 0.25) is 5.91 Å². The van der Waals surface area contributed by atoms with E-state index >= 15 is 0 Å². The van der Waals surface area contributed by atoms with Gasteiger partial charge in [0.1, 0.15) is 0 Å². The van der Waals surface area contributed by atoms with Crippen LogP contribution < -0.4 is 11.1 Å². The van der Waals surface area contributed by atoms with Crippen LogP contribution in [0.1, 0.15) is 30.5 Å². The van der Waals surface area contributed by atoms with Crippen LogP contribution in [0.5, 0.6) is 0 Å². The van der Waals surface area contributed by atoms with E-state index in [1.165, 1.54) is 16.7 Å². The quantitative estimate of drug-likeness (QED) is 0.836. The van der Waals surface area contributed by atoms with Gasteiger partial charge >= 0.3 is 0 Å². The second-order valence-electron chi connectivity index (χ2n) is 5.22. The normalized spacial score (nSPS) is 12.6. The van der Waals surface area contributed by atoms with Gasteiger partial charge in [-0.15, -0.1) is 0 Å². The maximum atomic E-state index is 11.9. The Bertz CT molecular complexity index is 413. The highest BCUT2D eigenvalue weighted by molar-refractivity contribution is 5.79. The Kier molecular flexibility index (Phi) is 5.35. The van der Waals surface area contributed by atoms with Crippen LogP contribution in [0, 0.1) is 19.8 Å². The zero-order chi connectivity index (χ0) is 13.7. The lowest BCUT2D eigenvalue weighted by atomic mass is 9.96. The molecular weight excluding hydrogens is 224 g/mol. The molecule has 0 radical (unpaired) electrons. The molecule has 0 saturated heterocycles. The molecule has 3 nitrogen and oxygen atoms in total. The van der Waals surface area contributed by atoms with Gasteiger partial charge in [0.15, 0.2) is 0 Å². The van der Waals surface area contributed by atoms with E-state index in [4.69, 9.17) is 5.73 Å². The number of hydrogen-bond donors (Lipinski definition) is 2. The number of carbonyl (C=O) groups excluding carboxylic acids is 1. The number of nitrogens with two attached hydrogens (primary N) is 1. The predicted octanol–water partition coefficient (Wildman–Crippen LogP) is 1.95. The van der Waals surface area contributed by atoms with Crippen LogP contribution >= 0.6 is 0 Å². The van der Waals surface area contributed by atoms with E-state index in [2.05, 4.69) is 37.4 Å². The summed E-state index contributed by atoms with van der Waals surface area (Å²) < 4.78 is 0. The maximum Gasteiger partial charge on any atom is 0.224 e. The van der Waals surface area contributed by atoms with Crippen molar-refractivity contribution in [1.29, 1.82) is 0 Å². The first-order chi connectivity index (χ1) is 8.43. The first-order valence-electron chi connectivity index (χ1n) is 6.50. The van der Waals surface area contributed by atoms with Crippen molar-refractivity contribution in [2.24, 2.45) is 11.7 Å². The van der Waals surface area contributed by atoms with Gasteiger partial charge in [-0.05, 0) is 50.8 Å². The Morgan fingerprint density at radius 1 is 1.28 bits per heavy atom. The Morgan fingerprint density at radius 2 is 1.94 bits per heavy atom. The van der Waals surface area contributed by atoms with Gasteiger partial charge in [-0.1, -0.05) is 18.2 Å². The fourth-order valence-corrected chi connectivity index (χ4v) is 1.90. The molecule has 1 rings (SSSR count). The minimum atomic E-state index is -0.144. The van der Waals surface area contributed by atoms with Crippen molar-refractivity contribution in [3.63, 3.8) is 0 Å². The van der Waals surface area contributed by atoms with Crippen LogP contribution in [-0.4, -0.2) is 18.5 Å². The number of hydrogen-bond acceptors (Lipinski definition) is 2. The molecule has 18 heavy (non-hydrogen) atoms. The SMILES string of the molecule is Cc1ccc(CC(CN)C(=O)NC(C)C)cc1C. The highest BCUT2D eigenvalue weighted by Crippen LogP contribution is 2.14. The number of benzene rings is 1. The Hall–Kier alpha value is -1.35. The van der Waals surface area contributed by atoms with Crippen molar-refractivity contribution in [3.8, 4) is 0 Å². The highest BCUT2D eigenvalue weighted by Gasteiger charge is 2.18. The average Bonchev–Trinajstić information content (AvgIpc) is 2.29. The first kappa shape index (κ1) is 14.7. The van der Waals surface area contributed by atoms with Crippen LogP contribution in [-0.2, 0) is 11.2 Å². The Balaban J connectivity index is 2.73. The van der Waals surface area contributed by atoms with Gasteiger partial charge in [-0.3, -0.25) is 4.79 Å². The van der Waals surface area contributed by atoms with Gasteiger partial charge in [-0.2, -0.15) is 0 Å². The summed E-state index contributed by atoms with van der Waals surface area (Å²) in [4.78, 5) is 11.9. The topological polar surface area (TPSA) is 55.1 Å². The summed E-state index contributed by atoms with van der Waals surface area (Å²) in [6.07, 6.45) is 0.705. The summed E-state index contributed by atoms with van der Waals surface area (Å²) >= 11 is 0. The summed E-state index contributed by atoms with van der Waals surface area (Å²) in [5, 5.41) is 2.92. The third-order valence-corrected chi connectivity index (χ3v) is 3.14. The molecule has 3 N–H and O–H groups in total. The van der Waals surface area contributed by atoms with E-state index < -0.39 is 0 Å². The van der Waals surface area contributed by atoms with E-state index in [1.54, 1.807) is 0 Å². The van der Waals surface area contributed by atoms with Crippen LogP contribution in [0.25, 0.3) is 0 Å². The van der Waals surface area contributed by atoms with Gasteiger partial charge in [0.25, 0.3) is 0 Å². The Labute approximate surface area is 110 Å². The molecule has 0 aliphatic rings. The summed E-state index contributed by atoms with van der Waals surface area (Å²) in [7, 11) is 0. The minimum Gasteiger partial charge on any atom is -0.354 e. The van der Waals surface area contributed by atoms with E-state index in [-0.39, 0.29) is 17.9 Å². The van der Waals surface area contributed by atoms with Crippen molar-refractivity contribution in [2.75, 3.05) is 6.54 Å². The summed E-state index contributed by atoms with van der Waals surface area (Å²) in [5.74, 6) is -0.0970. The third-order valence-electron chi connectivity index (χ3n) is 3.14. The molecule has 0 aliphatic carbocycles. The van der Waals surface area contributed by atoms with Crippen LogP contribution in [0.2, 0.25) is 0 Å². The van der Waals surface area contributed by atoms with Crippen LogP contribution in [0.15, 0.2) is 18.2 Å². The average molecular weight is 248 g/mol. The van der Waals surface area contributed by atoms with Crippen molar-refractivity contribution >= 4 is 5.91 Å². The molecule has 1 unspecified atom stereocenters. The van der Waals surface area contributed by atoms with Crippen molar-refractivity contribution in [3.05, 3.63) is 34.9 Å². The Morgan fingerprint density at radius 3 is 2.44 bits per heavy atom. The monoisotopic (exact) mass is 248 g/mol. The van der Waals surface area contributed by atoms with E-state index in [1.807, 2.05) is 13.8 Å². The standard InChI is InChI=1S/C15H24N2O/c1-10(2)17-15(18)14(9-16)8-13-6-5-11(3)12(4)7-13/h5-7,10,14H,8-9,16H2,1-4H3,(H,17,18). The lowest BCUT2D eigenvalue weighted by Crippen LogP contribution is -2.39. The second kappa shape index (κ2) is 6.55. The molecule has 1 aromatic carbocycles. The minimum absolute atomic E-state index is 0.0470. The summed E-state index contributed by atoms with van der Waals surface area (Å²) in [6, 6.07) is 6.47. The van der Waals surface area contributed by atoms with E-state index in [0.29, 0.717) is 13.0 Å². The number of amides is 1. The zero-order valence-electron chi connectivity index (χ0n) is 11.8. The molecule has 1 amide bonds. The molecule has 0 bridgehead atoms. The first-order valence-corrected chi connectivity index (χ1v) is 6.50. The van der Waals surface area contributed by atoms with Crippen LogP contribution in [0.3, 0.4) is 0 Å². The molecule has 0 spiro atoms. The lowest BCUT2D eigenvalue weighted by molar-refractivity contribution is -0.125. The molecule has 1 atom stereocenters. The van der Waals surface area contributed by atoms with Crippen molar-refractivity contribution in [2.45, 2.75) is 40.2 Å². The zero-order valence-corrected chi connectivity index (χ0v) is 11.8. The second-order valence-corrected chi connectivity index (χ2v) is 5.22. The molecule has 0 fully saturated rings. The van der Waals surface area contributed by atoms with Crippen LogP contribution in [0.4, 0.5) is 0 Å². The predicted molar refractivity (Wildman–Crippen MR) is 75.4 cm³/mol. The number of aryl methyl sites for hydroxylation is 2. The maximum absolute atomic E-state index is 11.9.